The van der Waals surface area contributed by atoms with Crippen molar-refractivity contribution >= 4 is 21.6 Å². The van der Waals surface area contributed by atoms with E-state index in [-0.39, 0.29) is 22.7 Å². The average Bonchev–Trinajstić information content (AvgIpc) is 3.06. The highest BCUT2D eigenvalue weighted by molar-refractivity contribution is 7.89. The van der Waals surface area contributed by atoms with E-state index in [4.69, 9.17) is 16.3 Å². The predicted molar refractivity (Wildman–Crippen MR) is 85.0 cm³/mol. The zero-order valence-electron chi connectivity index (χ0n) is 12.8. The number of rotatable bonds is 4. The van der Waals surface area contributed by atoms with Gasteiger partial charge in [-0.1, -0.05) is 11.6 Å². The summed E-state index contributed by atoms with van der Waals surface area (Å²) in [5.74, 6) is 0.632. The van der Waals surface area contributed by atoms with Gasteiger partial charge in [0.25, 0.3) is 0 Å². The number of hydrogen-bond donors (Lipinski definition) is 0. The van der Waals surface area contributed by atoms with Crippen molar-refractivity contribution < 1.29 is 13.2 Å². The molecule has 2 aromatic heterocycles. The van der Waals surface area contributed by atoms with Crippen molar-refractivity contribution in [1.82, 2.24) is 19.1 Å². The Morgan fingerprint density at radius 2 is 2.22 bits per heavy atom. The molecular formula is C14H17ClN4O3S. The van der Waals surface area contributed by atoms with Crippen molar-refractivity contribution in [1.29, 1.82) is 0 Å². The number of pyridine rings is 1. The Kier molecular flexibility index (Phi) is 4.31. The van der Waals surface area contributed by atoms with Gasteiger partial charge in [-0.2, -0.15) is 9.40 Å². The molecule has 0 radical (unpaired) electrons. The maximum Gasteiger partial charge on any atom is 0.248 e. The normalized spacial score (nSPS) is 19.2. The summed E-state index contributed by atoms with van der Waals surface area (Å²) in [6.45, 7) is 2.30. The van der Waals surface area contributed by atoms with Crippen LogP contribution in [-0.2, 0) is 17.1 Å². The Morgan fingerprint density at radius 3 is 2.83 bits per heavy atom. The molecule has 0 spiro atoms. The predicted octanol–water partition coefficient (Wildman–Crippen LogP) is 1.62. The van der Waals surface area contributed by atoms with Crippen molar-refractivity contribution in [2.45, 2.75) is 24.3 Å². The van der Waals surface area contributed by atoms with Gasteiger partial charge in [-0.05, 0) is 25.5 Å². The third-order valence-electron chi connectivity index (χ3n) is 3.74. The Balaban J connectivity index is 1.78. The molecule has 1 saturated heterocycles. The number of hydrogen-bond acceptors (Lipinski definition) is 5. The second kappa shape index (κ2) is 6.10. The molecule has 7 nitrogen and oxygen atoms in total. The first kappa shape index (κ1) is 16.2. The van der Waals surface area contributed by atoms with Gasteiger partial charge in [0.15, 0.2) is 0 Å². The second-order valence-corrected chi connectivity index (χ2v) is 7.64. The highest BCUT2D eigenvalue weighted by Gasteiger charge is 2.37. The number of sulfonamides is 1. The molecule has 0 N–H and O–H groups in total. The maximum atomic E-state index is 12.8. The molecule has 0 bridgehead atoms. The fourth-order valence-corrected chi connectivity index (χ4v) is 4.85. The molecule has 0 aliphatic carbocycles. The SMILES string of the molecule is Cc1nn(C)c(Cl)c1S(=O)(=O)N1CC[C@H](Oc2cccnc2)C1. The molecule has 1 aliphatic rings. The van der Waals surface area contributed by atoms with E-state index in [1.807, 2.05) is 0 Å². The molecular weight excluding hydrogens is 340 g/mol. The molecule has 0 unspecified atom stereocenters. The molecule has 3 heterocycles. The van der Waals surface area contributed by atoms with Gasteiger partial charge in [0, 0.05) is 19.8 Å². The van der Waals surface area contributed by atoms with E-state index < -0.39 is 10.0 Å². The number of nitrogens with zero attached hydrogens (tertiary/aromatic N) is 4. The van der Waals surface area contributed by atoms with Gasteiger partial charge >= 0.3 is 0 Å². The maximum absolute atomic E-state index is 12.8. The quantitative estimate of drug-likeness (QED) is 0.831. The van der Waals surface area contributed by atoms with Crippen LogP contribution in [-0.4, -0.2) is 46.7 Å². The van der Waals surface area contributed by atoms with Gasteiger partial charge in [-0.25, -0.2) is 8.42 Å². The molecule has 1 atom stereocenters. The minimum Gasteiger partial charge on any atom is -0.487 e. The zero-order chi connectivity index (χ0) is 16.6. The van der Waals surface area contributed by atoms with Crippen LogP contribution in [0.3, 0.4) is 0 Å². The first-order valence-electron chi connectivity index (χ1n) is 7.15. The number of aromatic nitrogens is 3. The van der Waals surface area contributed by atoms with E-state index in [1.54, 1.807) is 38.5 Å². The van der Waals surface area contributed by atoms with Crippen LogP contribution in [0.5, 0.6) is 5.75 Å². The highest BCUT2D eigenvalue weighted by atomic mass is 35.5. The molecule has 9 heteroatoms. The first-order chi connectivity index (χ1) is 10.9. The summed E-state index contributed by atoms with van der Waals surface area (Å²) in [7, 11) is -2.06. The van der Waals surface area contributed by atoms with Gasteiger partial charge in [0.2, 0.25) is 10.0 Å². The minimum absolute atomic E-state index is 0.0729. The van der Waals surface area contributed by atoms with Crippen molar-refractivity contribution in [3.8, 4) is 5.75 Å². The first-order valence-corrected chi connectivity index (χ1v) is 8.97. The average molecular weight is 357 g/mol. The molecule has 0 saturated carbocycles. The standard InChI is InChI=1S/C14H17ClN4O3S/c1-10-13(14(15)18(2)17-10)23(20,21)19-7-5-12(9-19)22-11-4-3-6-16-8-11/h3-4,6,8,12H,5,7,9H2,1-2H3/t12-/m0/s1. The number of halogens is 1. The van der Waals surface area contributed by atoms with Crippen LogP contribution in [0.4, 0.5) is 0 Å². The lowest BCUT2D eigenvalue weighted by molar-refractivity contribution is 0.214. The molecule has 1 aliphatic heterocycles. The molecule has 1 fully saturated rings. The molecule has 23 heavy (non-hydrogen) atoms. The lowest BCUT2D eigenvalue weighted by atomic mass is 10.3. The van der Waals surface area contributed by atoms with E-state index in [9.17, 15) is 8.42 Å². The summed E-state index contributed by atoms with van der Waals surface area (Å²) < 4.78 is 34.2. The third kappa shape index (κ3) is 3.06. The van der Waals surface area contributed by atoms with Gasteiger partial charge < -0.3 is 4.74 Å². The molecule has 0 amide bonds. The van der Waals surface area contributed by atoms with E-state index >= 15 is 0 Å². The van der Waals surface area contributed by atoms with Crippen molar-refractivity contribution in [2.24, 2.45) is 7.05 Å². The lowest BCUT2D eigenvalue weighted by Gasteiger charge is -2.17. The Labute approximate surface area is 139 Å². The molecule has 124 valence electrons. The fraction of sp³-hybridized carbons (Fsp3) is 0.429. The Hall–Kier alpha value is -1.64. The van der Waals surface area contributed by atoms with Crippen LogP contribution in [0.25, 0.3) is 0 Å². The topological polar surface area (TPSA) is 77.3 Å². The van der Waals surface area contributed by atoms with Gasteiger partial charge in [-0.15, -0.1) is 0 Å². The Morgan fingerprint density at radius 1 is 1.43 bits per heavy atom. The van der Waals surface area contributed by atoms with Gasteiger partial charge in [-0.3, -0.25) is 9.67 Å². The molecule has 2 aromatic rings. The summed E-state index contributed by atoms with van der Waals surface area (Å²) in [6, 6.07) is 3.57. The van der Waals surface area contributed by atoms with Crippen molar-refractivity contribution in [3.63, 3.8) is 0 Å². The largest absolute Gasteiger partial charge is 0.487 e. The summed E-state index contributed by atoms with van der Waals surface area (Å²) in [4.78, 5) is 4.06. The van der Waals surface area contributed by atoms with Crippen LogP contribution >= 0.6 is 11.6 Å². The van der Waals surface area contributed by atoms with Crippen molar-refractivity contribution in [2.75, 3.05) is 13.1 Å². The van der Waals surface area contributed by atoms with Gasteiger partial charge in [0.05, 0.1) is 18.4 Å². The fourth-order valence-electron chi connectivity index (χ4n) is 2.65. The van der Waals surface area contributed by atoms with E-state index in [2.05, 4.69) is 10.1 Å². The summed E-state index contributed by atoms with van der Waals surface area (Å²) in [6.07, 6.45) is 3.68. The summed E-state index contributed by atoms with van der Waals surface area (Å²) in [5, 5.41) is 4.20. The summed E-state index contributed by atoms with van der Waals surface area (Å²) >= 11 is 6.10. The van der Waals surface area contributed by atoms with E-state index in [0.717, 1.165) is 0 Å². The van der Waals surface area contributed by atoms with Crippen LogP contribution in [0, 0.1) is 6.92 Å². The van der Waals surface area contributed by atoms with Crippen LogP contribution in [0.2, 0.25) is 5.15 Å². The van der Waals surface area contributed by atoms with Crippen LogP contribution in [0.15, 0.2) is 29.4 Å². The number of ether oxygens (including phenoxy) is 1. The smallest absolute Gasteiger partial charge is 0.248 e. The Bertz CT molecular complexity index is 807. The van der Waals surface area contributed by atoms with E-state index in [1.165, 1.54) is 8.99 Å². The van der Waals surface area contributed by atoms with Crippen molar-refractivity contribution in [3.05, 3.63) is 35.4 Å². The molecule has 0 aromatic carbocycles. The van der Waals surface area contributed by atoms with Gasteiger partial charge in [0.1, 0.15) is 21.9 Å². The van der Waals surface area contributed by atoms with Crippen LogP contribution < -0.4 is 4.74 Å². The van der Waals surface area contributed by atoms with E-state index in [0.29, 0.717) is 24.4 Å². The highest BCUT2D eigenvalue weighted by Crippen LogP contribution is 2.30. The monoisotopic (exact) mass is 356 g/mol. The minimum atomic E-state index is -3.68. The summed E-state index contributed by atoms with van der Waals surface area (Å²) in [5.41, 5.74) is 0.397. The zero-order valence-corrected chi connectivity index (χ0v) is 14.4. The van der Waals surface area contributed by atoms with Crippen LogP contribution in [0.1, 0.15) is 12.1 Å². The third-order valence-corrected chi connectivity index (χ3v) is 6.30. The molecule has 3 rings (SSSR count). The lowest BCUT2D eigenvalue weighted by Crippen LogP contribution is -2.31. The number of aryl methyl sites for hydroxylation is 2. The second-order valence-electron chi connectivity index (χ2n) is 5.41.